The Kier molecular flexibility index (Phi) is 4.79. The van der Waals surface area contributed by atoms with Gasteiger partial charge in [-0.2, -0.15) is 0 Å². The lowest BCUT2D eigenvalue weighted by molar-refractivity contribution is 0.570. The molecule has 0 amide bonds. The van der Waals surface area contributed by atoms with Gasteiger partial charge in [0.15, 0.2) is 0 Å². The molecule has 1 aliphatic rings. The Morgan fingerprint density at radius 3 is 2.73 bits per heavy atom. The SMILES string of the molecule is CCCNC(C)c1ccc2c(c1)CCN2Cc1ccccc1. The molecule has 2 aromatic rings. The van der Waals surface area contributed by atoms with Crippen LogP contribution in [0.2, 0.25) is 0 Å². The highest BCUT2D eigenvalue weighted by atomic mass is 15.1. The third-order valence-electron chi connectivity index (χ3n) is 4.51. The van der Waals surface area contributed by atoms with E-state index in [1.54, 1.807) is 0 Å². The molecule has 0 spiro atoms. The van der Waals surface area contributed by atoms with Crippen LogP contribution in [0.1, 0.15) is 43.0 Å². The summed E-state index contributed by atoms with van der Waals surface area (Å²) in [5, 5.41) is 3.58. The van der Waals surface area contributed by atoms with E-state index in [0.29, 0.717) is 6.04 Å². The second-order valence-corrected chi connectivity index (χ2v) is 6.22. The summed E-state index contributed by atoms with van der Waals surface area (Å²) in [5.41, 5.74) is 5.71. The van der Waals surface area contributed by atoms with E-state index in [-0.39, 0.29) is 0 Å². The Bertz CT molecular complexity index is 606. The Hall–Kier alpha value is -1.80. The van der Waals surface area contributed by atoms with Crippen molar-refractivity contribution in [3.05, 3.63) is 65.2 Å². The summed E-state index contributed by atoms with van der Waals surface area (Å²) in [4.78, 5) is 2.50. The van der Waals surface area contributed by atoms with Gasteiger partial charge in [0.25, 0.3) is 0 Å². The molecular formula is C20H26N2. The van der Waals surface area contributed by atoms with Crippen LogP contribution in [0.15, 0.2) is 48.5 Å². The van der Waals surface area contributed by atoms with Crippen LogP contribution in [0.4, 0.5) is 5.69 Å². The van der Waals surface area contributed by atoms with Crippen molar-refractivity contribution >= 4 is 5.69 Å². The van der Waals surface area contributed by atoms with Crippen LogP contribution in [-0.4, -0.2) is 13.1 Å². The zero-order valence-electron chi connectivity index (χ0n) is 13.7. The summed E-state index contributed by atoms with van der Waals surface area (Å²) in [6.07, 6.45) is 2.34. The second-order valence-electron chi connectivity index (χ2n) is 6.22. The van der Waals surface area contributed by atoms with Gasteiger partial charge in [0.05, 0.1) is 0 Å². The van der Waals surface area contributed by atoms with E-state index in [1.165, 1.54) is 28.8 Å². The number of hydrogen-bond acceptors (Lipinski definition) is 2. The van der Waals surface area contributed by atoms with Crippen LogP contribution in [-0.2, 0) is 13.0 Å². The molecule has 0 aliphatic carbocycles. The smallest absolute Gasteiger partial charge is 0.0429 e. The molecule has 2 heteroatoms. The van der Waals surface area contributed by atoms with Crippen LogP contribution in [0.5, 0.6) is 0 Å². The fourth-order valence-corrected chi connectivity index (χ4v) is 3.21. The molecule has 1 aliphatic heterocycles. The average molecular weight is 294 g/mol. The van der Waals surface area contributed by atoms with Gasteiger partial charge in [0.2, 0.25) is 0 Å². The Labute approximate surface area is 134 Å². The van der Waals surface area contributed by atoms with E-state index in [1.807, 2.05) is 0 Å². The van der Waals surface area contributed by atoms with Gasteiger partial charge in [0.1, 0.15) is 0 Å². The molecule has 116 valence electrons. The van der Waals surface area contributed by atoms with E-state index in [2.05, 4.69) is 72.6 Å². The number of rotatable bonds is 6. The minimum absolute atomic E-state index is 0.438. The molecule has 1 atom stereocenters. The molecule has 2 aromatic carbocycles. The van der Waals surface area contributed by atoms with Gasteiger partial charge in [-0.3, -0.25) is 0 Å². The van der Waals surface area contributed by atoms with Crippen molar-refractivity contribution in [2.75, 3.05) is 18.0 Å². The molecule has 0 bridgehead atoms. The monoisotopic (exact) mass is 294 g/mol. The van der Waals surface area contributed by atoms with E-state index in [4.69, 9.17) is 0 Å². The largest absolute Gasteiger partial charge is 0.367 e. The van der Waals surface area contributed by atoms with Gasteiger partial charge in [-0.05, 0) is 49.1 Å². The Morgan fingerprint density at radius 2 is 1.95 bits per heavy atom. The third kappa shape index (κ3) is 3.33. The first kappa shape index (κ1) is 15.1. The molecule has 1 unspecified atom stereocenters. The van der Waals surface area contributed by atoms with E-state index >= 15 is 0 Å². The Balaban J connectivity index is 1.72. The van der Waals surface area contributed by atoms with Crippen molar-refractivity contribution < 1.29 is 0 Å². The first-order valence-electron chi connectivity index (χ1n) is 8.43. The number of fused-ring (bicyclic) bond motifs is 1. The van der Waals surface area contributed by atoms with Gasteiger partial charge in [-0.1, -0.05) is 49.4 Å². The number of benzene rings is 2. The maximum atomic E-state index is 3.58. The molecule has 22 heavy (non-hydrogen) atoms. The number of hydrogen-bond donors (Lipinski definition) is 1. The highest BCUT2D eigenvalue weighted by Crippen LogP contribution is 2.31. The minimum atomic E-state index is 0.438. The fraction of sp³-hybridized carbons (Fsp3) is 0.400. The first-order valence-corrected chi connectivity index (χ1v) is 8.43. The van der Waals surface area contributed by atoms with E-state index in [0.717, 1.165) is 26.1 Å². The van der Waals surface area contributed by atoms with Crippen molar-refractivity contribution in [1.82, 2.24) is 5.32 Å². The van der Waals surface area contributed by atoms with Crippen LogP contribution in [0.25, 0.3) is 0 Å². The van der Waals surface area contributed by atoms with Gasteiger partial charge >= 0.3 is 0 Å². The lowest BCUT2D eigenvalue weighted by atomic mass is 10.0. The van der Waals surface area contributed by atoms with E-state index in [9.17, 15) is 0 Å². The third-order valence-corrected chi connectivity index (χ3v) is 4.51. The van der Waals surface area contributed by atoms with Gasteiger partial charge in [0, 0.05) is 24.8 Å². The molecule has 0 aromatic heterocycles. The standard InChI is InChI=1S/C20H26N2/c1-3-12-21-16(2)18-9-10-20-19(14-18)11-13-22(20)15-17-7-5-4-6-8-17/h4-10,14,16,21H,3,11-13,15H2,1-2H3. The molecular weight excluding hydrogens is 268 g/mol. The van der Waals surface area contributed by atoms with Gasteiger partial charge in [-0.15, -0.1) is 0 Å². The molecule has 3 rings (SSSR count). The predicted molar refractivity (Wildman–Crippen MR) is 94.3 cm³/mol. The predicted octanol–water partition coefficient (Wildman–Crippen LogP) is 4.31. The summed E-state index contributed by atoms with van der Waals surface area (Å²) in [6.45, 7) is 7.69. The van der Waals surface area contributed by atoms with Crippen LogP contribution in [0.3, 0.4) is 0 Å². The average Bonchev–Trinajstić information content (AvgIpc) is 2.96. The lowest BCUT2D eigenvalue weighted by Gasteiger charge is -2.20. The fourth-order valence-electron chi connectivity index (χ4n) is 3.21. The minimum Gasteiger partial charge on any atom is -0.367 e. The molecule has 2 nitrogen and oxygen atoms in total. The highest BCUT2D eigenvalue weighted by Gasteiger charge is 2.20. The van der Waals surface area contributed by atoms with Crippen molar-refractivity contribution in [3.63, 3.8) is 0 Å². The Morgan fingerprint density at radius 1 is 1.14 bits per heavy atom. The molecule has 0 fully saturated rings. The quantitative estimate of drug-likeness (QED) is 0.854. The normalized spacial score (nSPS) is 14.9. The maximum Gasteiger partial charge on any atom is 0.0429 e. The summed E-state index contributed by atoms with van der Waals surface area (Å²) < 4.78 is 0. The van der Waals surface area contributed by atoms with Crippen molar-refractivity contribution in [3.8, 4) is 0 Å². The van der Waals surface area contributed by atoms with Gasteiger partial charge < -0.3 is 10.2 Å². The summed E-state index contributed by atoms with van der Waals surface area (Å²) in [6, 6.07) is 18.2. The van der Waals surface area contributed by atoms with E-state index < -0.39 is 0 Å². The molecule has 0 saturated carbocycles. The van der Waals surface area contributed by atoms with Crippen LogP contribution in [0, 0.1) is 0 Å². The maximum absolute atomic E-state index is 3.58. The van der Waals surface area contributed by atoms with Crippen molar-refractivity contribution in [2.45, 2.75) is 39.3 Å². The molecule has 0 saturated heterocycles. The highest BCUT2D eigenvalue weighted by molar-refractivity contribution is 5.59. The van der Waals surface area contributed by atoms with Crippen molar-refractivity contribution in [1.29, 1.82) is 0 Å². The van der Waals surface area contributed by atoms with Crippen LogP contribution < -0.4 is 10.2 Å². The number of nitrogens with zero attached hydrogens (tertiary/aromatic N) is 1. The number of anilines is 1. The lowest BCUT2D eigenvalue weighted by Crippen LogP contribution is -2.20. The summed E-state index contributed by atoms with van der Waals surface area (Å²) in [5.74, 6) is 0. The zero-order valence-corrected chi connectivity index (χ0v) is 13.7. The topological polar surface area (TPSA) is 15.3 Å². The molecule has 1 N–H and O–H groups in total. The summed E-state index contributed by atoms with van der Waals surface area (Å²) in [7, 11) is 0. The van der Waals surface area contributed by atoms with Gasteiger partial charge in [-0.25, -0.2) is 0 Å². The summed E-state index contributed by atoms with van der Waals surface area (Å²) >= 11 is 0. The molecule has 0 radical (unpaired) electrons. The zero-order chi connectivity index (χ0) is 15.4. The number of nitrogens with one attached hydrogen (secondary N) is 1. The van der Waals surface area contributed by atoms with Crippen molar-refractivity contribution in [2.24, 2.45) is 0 Å². The second kappa shape index (κ2) is 6.97. The first-order chi connectivity index (χ1) is 10.8. The van der Waals surface area contributed by atoms with Crippen LogP contribution >= 0.6 is 0 Å². The molecule has 1 heterocycles.